The molecular weight excluding hydrogens is 288 g/mol. The van der Waals surface area contributed by atoms with E-state index >= 15 is 0 Å². The fourth-order valence-electron chi connectivity index (χ4n) is 2.49. The molecule has 0 saturated heterocycles. The van der Waals surface area contributed by atoms with Gasteiger partial charge in [0.1, 0.15) is 0 Å². The highest BCUT2D eigenvalue weighted by Gasteiger charge is 2.24. The molecule has 0 amide bonds. The molecule has 0 saturated carbocycles. The molecule has 2 nitrogen and oxygen atoms in total. The van der Waals surface area contributed by atoms with Crippen LogP contribution < -0.4 is 9.80 Å². The normalized spacial score (nSPS) is 16.5. The van der Waals surface area contributed by atoms with Gasteiger partial charge in [-0.3, -0.25) is 0 Å². The van der Waals surface area contributed by atoms with Crippen LogP contribution in [0.5, 0.6) is 0 Å². The Morgan fingerprint density at radius 3 is 2.64 bits per heavy atom. The number of likely N-dealkylation sites (N-methyl/N-ethyl adjacent to an activating group) is 1. The SMILES string of the molecule is C#CCN(C=CC1Sc2ccccc2N1C)c1ccccc1. The molecule has 0 aliphatic carbocycles. The molecule has 1 aliphatic rings. The first-order valence-corrected chi connectivity index (χ1v) is 8.09. The van der Waals surface area contributed by atoms with E-state index in [1.165, 1.54) is 10.6 Å². The molecule has 1 aliphatic heterocycles. The Kier molecular flexibility index (Phi) is 4.41. The molecule has 0 fully saturated rings. The van der Waals surface area contributed by atoms with Gasteiger partial charge < -0.3 is 9.80 Å². The standard InChI is InChI=1S/C19H18N2S/c1-3-14-21(16-9-5-4-6-10-16)15-13-19-20(2)17-11-7-8-12-18(17)22-19/h1,4-13,15,19H,14H2,2H3. The van der Waals surface area contributed by atoms with Gasteiger partial charge in [0.15, 0.2) is 0 Å². The van der Waals surface area contributed by atoms with Crippen molar-refractivity contribution in [3.05, 3.63) is 66.9 Å². The Hall–Kier alpha value is -2.31. The molecule has 2 aromatic rings. The fourth-order valence-corrected chi connectivity index (χ4v) is 3.66. The van der Waals surface area contributed by atoms with E-state index in [-0.39, 0.29) is 0 Å². The predicted octanol–water partition coefficient (Wildman–Crippen LogP) is 4.21. The fraction of sp³-hybridized carbons (Fsp3) is 0.158. The second kappa shape index (κ2) is 6.64. The van der Waals surface area contributed by atoms with Crippen molar-refractivity contribution in [2.24, 2.45) is 0 Å². The molecule has 1 heterocycles. The van der Waals surface area contributed by atoms with Crippen molar-refractivity contribution in [2.75, 3.05) is 23.4 Å². The Bertz CT molecular complexity index is 703. The summed E-state index contributed by atoms with van der Waals surface area (Å²) in [6, 6.07) is 18.7. The lowest BCUT2D eigenvalue weighted by atomic mass is 10.3. The Labute approximate surface area is 136 Å². The highest BCUT2D eigenvalue weighted by molar-refractivity contribution is 8.00. The zero-order valence-corrected chi connectivity index (χ0v) is 13.3. The number of nitrogens with zero attached hydrogens (tertiary/aromatic N) is 2. The van der Waals surface area contributed by atoms with E-state index in [4.69, 9.17) is 6.42 Å². The van der Waals surface area contributed by atoms with Gasteiger partial charge in [0.2, 0.25) is 0 Å². The molecule has 2 aromatic carbocycles. The summed E-state index contributed by atoms with van der Waals surface area (Å²) >= 11 is 1.86. The average molecular weight is 306 g/mol. The maximum atomic E-state index is 5.51. The Morgan fingerprint density at radius 1 is 1.18 bits per heavy atom. The van der Waals surface area contributed by atoms with Crippen LogP contribution in [0.25, 0.3) is 0 Å². The molecule has 0 radical (unpaired) electrons. The molecule has 22 heavy (non-hydrogen) atoms. The number of para-hydroxylation sites is 2. The topological polar surface area (TPSA) is 6.48 Å². The number of fused-ring (bicyclic) bond motifs is 1. The van der Waals surface area contributed by atoms with E-state index < -0.39 is 0 Å². The molecule has 3 rings (SSSR count). The van der Waals surface area contributed by atoms with Gasteiger partial charge >= 0.3 is 0 Å². The van der Waals surface area contributed by atoms with Crippen LogP contribution in [-0.2, 0) is 0 Å². The Balaban J connectivity index is 1.77. The second-order valence-corrected chi connectivity index (χ2v) is 6.25. The summed E-state index contributed by atoms with van der Waals surface area (Å²) in [6.07, 6.45) is 9.80. The summed E-state index contributed by atoms with van der Waals surface area (Å²) in [4.78, 5) is 5.70. The van der Waals surface area contributed by atoms with E-state index in [1.807, 2.05) is 30.0 Å². The summed E-state index contributed by atoms with van der Waals surface area (Å²) < 4.78 is 0. The lowest BCUT2D eigenvalue weighted by Crippen LogP contribution is -2.24. The lowest BCUT2D eigenvalue weighted by Gasteiger charge is -2.21. The number of benzene rings is 2. The van der Waals surface area contributed by atoms with Crippen molar-refractivity contribution >= 4 is 23.1 Å². The molecule has 0 spiro atoms. The number of rotatable bonds is 4. The first-order valence-electron chi connectivity index (χ1n) is 7.21. The minimum absolute atomic E-state index is 0.293. The summed E-state index contributed by atoms with van der Waals surface area (Å²) in [6.45, 7) is 0.564. The van der Waals surface area contributed by atoms with E-state index in [0.717, 1.165) is 5.69 Å². The third kappa shape index (κ3) is 2.98. The van der Waals surface area contributed by atoms with Crippen LogP contribution in [0.4, 0.5) is 11.4 Å². The quantitative estimate of drug-likeness (QED) is 0.781. The largest absolute Gasteiger partial charge is 0.358 e. The van der Waals surface area contributed by atoms with Crippen LogP contribution >= 0.6 is 11.8 Å². The van der Waals surface area contributed by atoms with Gasteiger partial charge in [0.25, 0.3) is 0 Å². The van der Waals surface area contributed by atoms with Crippen molar-refractivity contribution in [2.45, 2.75) is 10.3 Å². The van der Waals surface area contributed by atoms with Crippen molar-refractivity contribution in [1.29, 1.82) is 0 Å². The van der Waals surface area contributed by atoms with Gasteiger partial charge in [-0.25, -0.2) is 0 Å². The second-order valence-electron chi connectivity index (χ2n) is 5.10. The molecule has 3 heteroatoms. The van der Waals surface area contributed by atoms with Crippen molar-refractivity contribution < 1.29 is 0 Å². The van der Waals surface area contributed by atoms with E-state index in [1.54, 1.807) is 0 Å². The number of hydrogen-bond acceptors (Lipinski definition) is 3. The van der Waals surface area contributed by atoms with E-state index in [2.05, 4.69) is 71.4 Å². The molecular formula is C19H18N2S. The maximum Gasteiger partial charge on any atom is 0.0996 e. The highest BCUT2D eigenvalue weighted by Crippen LogP contribution is 2.42. The number of thioether (sulfide) groups is 1. The first-order chi connectivity index (χ1) is 10.8. The molecule has 0 bridgehead atoms. The maximum absolute atomic E-state index is 5.51. The van der Waals surface area contributed by atoms with E-state index in [0.29, 0.717) is 11.9 Å². The predicted molar refractivity (Wildman–Crippen MR) is 96.3 cm³/mol. The van der Waals surface area contributed by atoms with Crippen LogP contribution in [0, 0.1) is 12.3 Å². The lowest BCUT2D eigenvalue weighted by molar-refractivity contribution is 0.978. The van der Waals surface area contributed by atoms with Crippen molar-refractivity contribution in [1.82, 2.24) is 0 Å². The molecule has 110 valence electrons. The minimum atomic E-state index is 0.293. The smallest absolute Gasteiger partial charge is 0.0996 e. The molecule has 0 aromatic heterocycles. The van der Waals surface area contributed by atoms with Crippen LogP contribution in [-0.4, -0.2) is 19.0 Å². The number of terminal acetylenes is 1. The van der Waals surface area contributed by atoms with Gasteiger partial charge in [-0.2, -0.15) is 0 Å². The summed E-state index contributed by atoms with van der Waals surface area (Å²) in [5, 5.41) is 0.293. The van der Waals surface area contributed by atoms with Crippen LogP contribution in [0.15, 0.2) is 71.8 Å². The zero-order valence-electron chi connectivity index (χ0n) is 12.5. The Morgan fingerprint density at radius 2 is 1.91 bits per heavy atom. The number of hydrogen-bond donors (Lipinski definition) is 0. The van der Waals surface area contributed by atoms with Gasteiger partial charge in [0, 0.05) is 23.8 Å². The third-order valence-corrected chi connectivity index (χ3v) is 4.97. The average Bonchev–Trinajstić information content (AvgIpc) is 2.89. The van der Waals surface area contributed by atoms with Gasteiger partial charge in [-0.15, -0.1) is 6.42 Å². The monoisotopic (exact) mass is 306 g/mol. The van der Waals surface area contributed by atoms with E-state index in [9.17, 15) is 0 Å². The van der Waals surface area contributed by atoms with Gasteiger partial charge in [-0.05, 0) is 30.3 Å². The highest BCUT2D eigenvalue weighted by atomic mass is 32.2. The zero-order chi connectivity index (χ0) is 15.4. The molecule has 1 unspecified atom stereocenters. The van der Waals surface area contributed by atoms with Crippen molar-refractivity contribution in [3.63, 3.8) is 0 Å². The summed E-state index contributed by atoms with van der Waals surface area (Å²) in [7, 11) is 2.13. The van der Waals surface area contributed by atoms with Crippen molar-refractivity contribution in [3.8, 4) is 12.3 Å². The third-order valence-electron chi connectivity index (χ3n) is 3.65. The first kappa shape index (κ1) is 14.6. The minimum Gasteiger partial charge on any atom is -0.358 e. The van der Waals surface area contributed by atoms with Gasteiger partial charge in [-0.1, -0.05) is 48.0 Å². The van der Waals surface area contributed by atoms with Crippen LogP contribution in [0.2, 0.25) is 0 Å². The molecule has 1 atom stereocenters. The number of anilines is 2. The van der Waals surface area contributed by atoms with Gasteiger partial charge in [0.05, 0.1) is 17.6 Å². The van der Waals surface area contributed by atoms with Crippen LogP contribution in [0.3, 0.4) is 0 Å². The summed E-state index contributed by atoms with van der Waals surface area (Å²) in [5.74, 6) is 2.72. The van der Waals surface area contributed by atoms with Crippen LogP contribution in [0.1, 0.15) is 0 Å². The summed E-state index contributed by atoms with van der Waals surface area (Å²) in [5.41, 5.74) is 2.39. The molecule has 0 N–H and O–H groups in total.